The Morgan fingerprint density at radius 2 is 2.00 bits per heavy atom. The molecule has 2 aliphatic rings. The molecule has 19 heavy (non-hydrogen) atoms. The Morgan fingerprint density at radius 1 is 1.32 bits per heavy atom. The second kappa shape index (κ2) is 4.07. The van der Waals surface area contributed by atoms with Crippen LogP contribution in [0, 0.1) is 5.92 Å². The number of fused-ring (bicyclic) bond motifs is 1. The van der Waals surface area contributed by atoms with Gasteiger partial charge in [-0.15, -0.1) is 0 Å². The third-order valence-electron chi connectivity index (χ3n) is 4.12. The third-order valence-corrected chi connectivity index (χ3v) is 5.26. The van der Waals surface area contributed by atoms with Gasteiger partial charge in [-0.25, -0.2) is 8.42 Å². The summed E-state index contributed by atoms with van der Waals surface area (Å²) < 4.78 is 23.6. The van der Waals surface area contributed by atoms with Crippen LogP contribution in [0.2, 0.25) is 0 Å². The fourth-order valence-corrected chi connectivity index (χ4v) is 3.74. The van der Waals surface area contributed by atoms with Crippen LogP contribution in [-0.2, 0) is 16.4 Å². The van der Waals surface area contributed by atoms with Crippen molar-refractivity contribution in [3.8, 4) is 0 Å². The topological polar surface area (TPSA) is 54.5 Å². The van der Waals surface area contributed by atoms with Gasteiger partial charge in [0, 0.05) is 18.8 Å². The summed E-state index contributed by atoms with van der Waals surface area (Å²) in [6, 6.07) is 5.29. The Hall–Kier alpha value is -1.36. The maximum atomic E-state index is 12.5. The van der Waals surface area contributed by atoms with E-state index in [4.69, 9.17) is 0 Å². The first-order valence-corrected chi connectivity index (χ1v) is 8.41. The summed E-state index contributed by atoms with van der Waals surface area (Å²) in [5.41, 5.74) is 1.22. The van der Waals surface area contributed by atoms with E-state index in [9.17, 15) is 13.2 Å². The second-order valence-electron chi connectivity index (χ2n) is 5.57. The van der Waals surface area contributed by atoms with E-state index in [-0.39, 0.29) is 16.8 Å². The lowest BCUT2D eigenvalue weighted by molar-refractivity contribution is 0.0695. The first-order chi connectivity index (χ1) is 8.89. The molecule has 5 heteroatoms. The molecule has 1 atom stereocenters. The van der Waals surface area contributed by atoms with Gasteiger partial charge < -0.3 is 4.90 Å². The average Bonchev–Trinajstić information content (AvgIpc) is 3.12. The molecule has 0 aromatic heterocycles. The fraction of sp³-hybridized carbons (Fsp3) is 0.500. The average molecular weight is 279 g/mol. The van der Waals surface area contributed by atoms with Gasteiger partial charge in [0.15, 0.2) is 9.84 Å². The van der Waals surface area contributed by atoms with E-state index >= 15 is 0 Å². The molecule has 1 fully saturated rings. The third kappa shape index (κ3) is 2.06. The molecule has 0 spiro atoms. The molecule has 1 aromatic carbocycles. The van der Waals surface area contributed by atoms with Crippen LogP contribution in [0.15, 0.2) is 23.1 Å². The summed E-state index contributed by atoms with van der Waals surface area (Å²) in [6.07, 6.45) is 3.49. The van der Waals surface area contributed by atoms with E-state index in [1.807, 2.05) is 11.0 Å². The van der Waals surface area contributed by atoms with Crippen LogP contribution in [-0.4, -0.2) is 31.5 Å². The van der Waals surface area contributed by atoms with Gasteiger partial charge in [0.2, 0.25) is 0 Å². The maximum Gasteiger partial charge on any atom is 0.256 e. The largest absolute Gasteiger partial charge is 0.331 e. The summed E-state index contributed by atoms with van der Waals surface area (Å²) in [6.45, 7) is 2.59. The standard InChI is InChI=1S/C14H17NO3S/c1-9(10-6-7-10)15-8-11-4-3-5-12(19(2,17)18)13(11)14(15)16/h3-5,9-10H,6-8H2,1-2H3. The Kier molecular flexibility index (Phi) is 2.71. The van der Waals surface area contributed by atoms with E-state index in [0.717, 1.165) is 11.8 Å². The van der Waals surface area contributed by atoms with Crippen molar-refractivity contribution >= 4 is 15.7 Å². The number of hydrogen-bond donors (Lipinski definition) is 0. The van der Waals surface area contributed by atoms with Crippen molar-refractivity contribution in [2.75, 3.05) is 6.26 Å². The second-order valence-corrected chi connectivity index (χ2v) is 7.56. The van der Waals surface area contributed by atoms with E-state index < -0.39 is 9.84 Å². The number of rotatable bonds is 3. The molecule has 4 nitrogen and oxygen atoms in total. The summed E-state index contributed by atoms with van der Waals surface area (Å²) in [5.74, 6) is 0.454. The van der Waals surface area contributed by atoms with Crippen LogP contribution in [0.4, 0.5) is 0 Å². The quantitative estimate of drug-likeness (QED) is 0.848. The molecule has 1 heterocycles. The van der Waals surface area contributed by atoms with Gasteiger partial charge in [-0.2, -0.15) is 0 Å². The van der Waals surface area contributed by atoms with Gasteiger partial charge in [0.1, 0.15) is 0 Å². The van der Waals surface area contributed by atoms with Crippen molar-refractivity contribution in [3.63, 3.8) is 0 Å². The summed E-state index contributed by atoms with van der Waals surface area (Å²) in [4.78, 5) is 14.5. The normalized spacial score (nSPS) is 20.5. The fourth-order valence-electron chi connectivity index (χ4n) is 2.82. The Labute approximate surface area is 113 Å². The van der Waals surface area contributed by atoms with E-state index in [1.165, 1.54) is 18.9 Å². The predicted molar refractivity (Wildman–Crippen MR) is 71.6 cm³/mol. The van der Waals surface area contributed by atoms with E-state index in [2.05, 4.69) is 6.92 Å². The van der Waals surface area contributed by atoms with Crippen LogP contribution in [0.3, 0.4) is 0 Å². The number of carbonyl (C=O) groups is 1. The van der Waals surface area contributed by atoms with E-state index in [0.29, 0.717) is 18.0 Å². The Morgan fingerprint density at radius 3 is 2.58 bits per heavy atom. The molecule has 3 rings (SSSR count). The van der Waals surface area contributed by atoms with Crippen LogP contribution in [0.25, 0.3) is 0 Å². The minimum atomic E-state index is -3.36. The van der Waals surface area contributed by atoms with Gasteiger partial charge in [-0.3, -0.25) is 4.79 Å². The molecule has 1 saturated carbocycles. The van der Waals surface area contributed by atoms with Crippen LogP contribution in [0.5, 0.6) is 0 Å². The van der Waals surface area contributed by atoms with Crippen molar-refractivity contribution in [1.29, 1.82) is 0 Å². The maximum absolute atomic E-state index is 12.5. The smallest absolute Gasteiger partial charge is 0.256 e. The first-order valence-electron chi connectivity index (χ1n) is 6.52. The van der Waals surface area contributed by atoms with Gasteiger partial charge in [0.05, 0.1) is 10.5 Å². The molecular weight excluding hydrogens is 262 g/mol. The lowest BCUT2D eigenvalue weighted by atomic mass is 10.1. The van der Waals surface area contributed by atoms with Gasteiger partial charge in [0.25, 0.3) is 5.91 Å². The number of hydrogen-bond acceptors (Lipinski definition) is 3. The molecule has 0 saturated heterocycles. The summed E-state index contributed by atoms with van der Waals surface area (Å²) >= 11 is 0. The molecular formula is C14H17NO3S. The highest BCUT2D eigenvalue weighted by Gasteiger charge is 2.40. The zero-order chi connectivity index (χ0) is 13.8. The van der Waals surface area contributed by atoms with Crippen molar-refractivity contribution in [2.45, 2.75) is 37.2 Å². The molecule has 0 N–H and O–H groups in total. The van der Waals surface area contributed by atoms with Crippen LogP contribution in [0.1, 0.15) is 35.7 Å². The van der Waals surface area contributed by atoms with Gasteiger partial charge in [-0.1, -0.05) is 12.1 Å². The number of benzene rings is 1. The Balaban J connectivity index is 2.04. The zero-order valence-electron chi connectivity index (χ0n) is 11.1. The highest BCUT2D eigenvalue weighted by atomic mass is 32.2. The minimum absolute atomic E-state index is 0.129. The van der Waals surface area contributed by atoms with Crippen molar-refractivity contribution < 1.29 is 13.2 Å². The van der Waals surface area contributed by atoms with Crippen molar-refractivity contribution in [3.05, 3.63) is 29.3 Å². The molecule has 0 bridgehead atoms. The van der Waals surface area contributed by atoms with Gasteiger partial charge >= 0.3 is 0 Å². The monoisotopic (exact) mass is 279 g/mol. The number of nitrogens with zero attached hydrogens (tertiary/aromatic N) is 1. The number of sulfone groups is 1. The van der Waals surface area contributed by atoms with Gasteiger partial charge in [-0.05, 0) is 37.3 Å². The molecule has 0 radical (unpaired) electrons. The van der Waals surface area contributed by atoms with Crippen molar-refractivity contribution in [1.82, 2.24) is 4.90 Å². The molecule has 1 aliphatic heterocycles. The van der Waals surface area contributed by atoms with Crippen molar-refractivity contribution in [2.24, 2.45) is 5.92 Å². The predicted octanol–water partition coefficient (Wildman–Crippen LogP) is 1.84. The summed E-state index contributed by atoms with van der Waals surface area (Å²) in [7, 11) is -3.36. The highest BCUT2D eigenvalue weighted by molar-refractivity contribution is 7.90. The number of amides is 1. The Bertz CT molecular complexity index is 647. The number of carbonyl (C=O) groups excluding carboxylic acids is 1. The lowest BCUT2D eigenvalue weighted by Crippen LogP contribution is -2.35. The van der Waals surface area contributed by atoms with Crippen LogP contribution < -0.4 is 0 Å². The molecule has 1 amide bonds. The molecule has 1 unspecified atom stereocenters. The molecule has 102 valence electrons. The molecule has 1 aliphatic carbocycles. The SMILES string of the molecule is CC(C1CC1)N1Cc2cccc(S(C)(=O)=O)c2C1=O. The highest BCUT2D eigenvalue weighted by Crippen LogP contribution is 2.39. The first kappa shape index (κ1) is 12.7. The summed E-state index contributed by atoms with van der Waals surface area (Å²) in [5, 5.41) is 0. The molecule has 1 aromatic rings. The zero-order valence-corrected chi connectivity index (χ0v) is 11.9. The van der Waals surface area contributed by atoms with E-state index in [1.54, 1.807) is 6.07 Å². The minimum Gasteiger partial charge on any atom is -0.331 e. The van der Waals surface area contributed by atoms with Crippen LogP contribution >= 0.6 is 0 Å². The lowest BCUT2D eigenvalue weighted by Gasteiger charge is -2.24.